The standard InChI is InChI=1S/C46H36S/c1-4-30-27-33(25-26-34(30)31-15-6-5-7-16-31)45-38-21-10-11-22-39(38)46(37-23-14-18-32-17-8-9-19-35(32)37)42-29-44-40(28-41(42)45)36-20-12-13-24-43(36)47(44,2)3/h5-29H,4H2,1-3H3. The Balaban J connectivity index is 1.44. The molecule has 1 aliphatic rings. The zero-order valence-electron chi connectivity index (χ0n) is 27.0. The van der Waals surface area contributed by atoms with E-state index in [1.807, 2.05) is 0 Å². The molecule has 0 saturated carbocycles. The summed E-state index contributed by atoms with van der Waals surface area (Å²) in [7, 11) is -1.18. The van der Waals surface area contributed by atoms with Gasteiger partial charge < -0.3 is 0 Å². The van der Waals surface area contributed by atoms with Gasteiger partial charge in [-0.1, -0.05) is 140 Å². The summed E-state index contributed by atoms with van der Waals surface area (Å²) < 4.78 is 0. The smallest absolute Gasteiger partial charge is 0.00219 e. The molecule has 0 unspecified atom stereocenters. The fraction of sp³-hybridized carbons (Fsp3) is 0.0870. The molecule has 9 rings (SSSR count). The first-order valence-electron chi connectivity index (χ1n) is 16.6. The van der Waals surface area contributed by atoms with Gasteiger partial charge in [-0.2, -0.15) is 10.0 Å². The minimum atomic E-state index is -1.18. The van der Waals surface area contributed by atoms with E-state index in [4.69, 9.17) is 0 Å². The monoisotopic (exact) mass is 620 g/mol. The zero-order valence-corrected chi connectivity index (χ0v) is 27.9. The minimum absolute atomic E-state index is 0.975. The van der Waals surface area contributed by atoms with Crippen molar-refractivity contribution in [1.29, 1.82) is 0 Å². The van der Waals surface area contributed by atoms with Gasteiger partial charge in [-0.05, 0) is 120 Å². The normalized spacial score (nSPS) is 13.9. The van der Waals surface area contributed by atoms with E-state index in [1.165, 1.54) is 92.2 Å². The number of hydrogen-bond donors (Lipinski definition) is 0. The van der Waals surface area contributed by atoms with Gasteiger partial charge >= 0.3 is 0 Å². The molecule has 8 aromatic rings. The Hall–Kier alpha value is -5.11. The number of aryl methyl sites for hydroxylation is 1. The second-order valence-corrected chi connectivity index (χ2v) is 16.7. The molecule has 1 aliphatic heterocycles. The first-order valence-corrected chi connectivity index (χ1v) is 19.0. The molecule has 0 atom stereocenters. The SMILES string of the molecule is CCc1cc(-c2c3ccccc3c(-c3cccc4ccccc34)c3cc4c(cc23)-c2ccccc2S4(C)C)ccc1-c1ccccc1. The second-order valence-electron chi connectivity index (χ2n) is 13.1. The molecule has 0 nitrogen and oxygen atoms in total. The molecule has 0 bridgehead atoms. The summed E-state index contributed by atoms with van der Waals surface area (Å²) in [4.78, 5) is 2.98. The summed E-state index contributed by atoms with van der Waals surface area (Å²) in [6.45, 7) is 2.28. The number of rotatable bonds is 4. The van der Waals surface area contributed by atoms with Crippen molar-refractivity contribution < 1.29 is 0 Å². The lowest BCUT2D eigenvalue weighted by Crippen LogP contribution is -1.96. The highest BCUT2D eigenvalue weighted by atomic mass is 32.3. The lowest BCUT2D eigenvalue weighted by molar-refractivity contribution is 1.14. The van der Waals surface area contributed by atoms with Crippen LogP contribution in [0.3, 0.4) is 0 Å². The van der Waals surface area contributed by atoms with E-state index >= 15 is 0 Å². The highest BCUT2D eigenvalue weighted by molar-refractivity contribution is 8.33. The Morgan fingerprint density at radius 1 is 0.404 bits per heavy atom. The first kappa shape index (κ1) is 28.1. The van der Waals surface area contributed by atoms with Gasteiger partial charge in [0.1, 0.15) is 0 Å². The van der Waals surface area contributed by atoms with Crippen LogP contribution in [0.4, 0.5) is 0 Å². The quantitative estimate of drug-likeness (QED) is 0.172. The highest BCUT2D eigenvalue weighted by Crippen LogP contribution is 2.68. The van der Waals surface area contributed by atoms with Crippen molar-refractivity contribution in [1.82, 2.24) is 0 Å². The summed E-state index contributed by atoms with van der Waals surface area (Å²) in [6.07, 6.45) is 5.92. The van der Waals surface area contributed by atoms with Crippen molar-refractivity contribution in [2.75, 3.05) is 12.5 Å². The molecule has 8 aromatic carbocycles. The Labute approximate surface area is 278 Å². The lowest BCUT2D eigenvalue weighted by atomic mass is 9.83. The summed E-state index contributed by atoms with van der Waals surface area (Å²) >= 11 is 0. The van der Waals surface area contributed by atoms with Crippen molar-refractivity contribution in [3.05, 3.63) is 157 Å². The maximum Gasteiger partial charge on any atom is 0.00219 e. The average molecular weight is 621 g/mol. The second kappa shape index (κ2) is 10.7. The number of fused-ring (bicyclic) bond motifs is 6. The van der Waals surface area contributed by atoms with Gasteiger partial charge in [0, 0.05) is 9.79 Å². The Bertz CT molecular complexity index is 2510. The molecule has 47 heavy (non-hydrogen) atoms. The predicted octanol–water partition coefficient (Wildman–Crippen LogP) is 13.2. The average Bonchev–Trinajstić information content (AvgIpc) is 3.35. The molecule has 1 heteroatoms. The van der Waals surface area contributed by atoms with Gasteiger partial charge in [0.05, 0.1) is 0 Å². The molecule has 0 radical (unpaired) electrons. The fourth-order valence-corrected chi connectivity index (χ4v) is 10.6. The summed E-state index contributed by atoms with van der Waals surface area (Å²) in [5.74, 6) is 0. The van der Waals surface area contributed by atoms with Gasteiger partial charge in [-0.3, -0.25) is 0 Å². The number of benzene rings is 8. The zero-order chi connectivity index (χ0) is 31.7. The van der Waals surface area contributed by atoms with E-state index in [-0.39, 0.29) is 0 Å². The largest absolute Gasteiger partial charge is 0.192 e. The van der Waals surface area contributed by atoms with Crippen LogP contribution >= 0.6 is 10.0 Å². The maximum absolute atomic E-state index is 2.58. The molecule has 0 aliphatic carbocycles. The van der Waals surface area contributed by atoms with Crippen molar-refractivity contribution in [3.63, 3.8) is 0 Å². The van der Waals surface area contributed by atoms with Crippen molar-refractivity contribution in [2.24, 2.45) is 0 Å². The van der Waals surface area contributed by atoms with Crippen LogP contribution in [0.25, 0.3) is 76.8 Å². The van der Waals surface area contributed by atoms with Gasteiger partial charge in [0.15, 0.2) is 0 Å². The summed E-state index contributed by atoms with van der Waals surface area (Å²) in [5, 5.41) is 7.84. The van der Waals surface area contributed by atoms with Gasteiger partial charge in [0.2, 0.25) is 0 Å². The highest BCUT2D eigenvalue weighted by Gasteiger charge is 2.33. The molecule has 0 amide bonds. The first-order chi connectivity index (χ1) is 23.0. The predicted molar refractivity (Wildman–Crippen MR) is 206 cm³/mol. The van der Waals surface area contributed by atoms with Crippen LogP contribution in [0.1, 0.15) is 12.5 Å². The van der Waals surface area contributed by atoms with Crippen molar-refractivity contribution >= 4 is 42.3 Å². The maximum atomic E-state index is 2.58. The van der Waals surface area contributed by atoms with Crippen molar-refractivity contribution in [2.45, 2.75) is 23.1 Å². The molecule has 0 saturated heterocycles. The molecular formula is C46H36S. The Kier molecular flexibility index (Phi) is 6.42. The third-order valence-corrected chi connectivity index (χ3v) is 13.2. The number of hydrogen-bond acceptors (Lipinski definition) is 0. The van der Waals surface area contributed by atoms with Crippen LogP contribution in [-0.4, -0.2) is 12.5 Å². The topological polar surface area (TPSA) is 0 Å². The van der Waals surface area contributed by atoms with Crippen LogP contribution in [0.2, 0.25) is 0 Å². The van der Waals surface area contributed by atoms with E-state index in [0.717, 1.165) is 6.42 Å². The Morgan fingerprint density at radius 2 is 1.04 bits per heavy atom. The van der Waals surface area contributed by atoms with E-state index in [0.29, 0.717) is 0 Å². The molecular weight excluding hydrogens is 585 g/mol. The fourth-order valence-electron chi connectivity index (χ4n) is 8.07. The van der Waals surface area contributed by atoms with Crippen LogP contribution < -0.4 is 0 Å². The lowest BCUT2D eigenvalue weighted by Gasteiger charge is -2.29. The molecule has 0 aromatic heterocycles. The van der Waals surface area contributed by atoms with Crippen LogP contribution in [0.15, 0.2) is 161 Å². The van der Waals surface area contributed by atoms with E-state index < -0.39 is 10.0 Å². The van der Waals surface area contributed by atoms with Crippen LogP contribution in [0.5, 0.6) is 0 Å². The summed E-state index contributed by atoms with van der Waals surface area (Å²) in [5.41, 5.74) is 12.0. The van der Waals surface area contributed by atoms with Gasteiger partial charge in [0.25, 0.3) is 0 Å². The van der Waals surface area contributed by atoms with E-state index in [9.17, 15) is 0 Å². The third-order valence-electron chi connectivity index (χ3n) is 10.3. The van der Waals surface area contributed by atoms with Gasteiger partial charge in [-0.25, -0.2) is 0 Å². The van der Waals surface area contributed by atoms with Crippen molar-refractivity contribution in [3.8, 4) is 44.5 Å². The third kappa shape index (κ3) is 4.23. The van der Waals surface area contributed by atoms with Crippen LogP contribution in [0, 0.1) is 0 Å². The van der Waals surface area contributed by atoms with E-state index in [2.05, 4.69) is 171 Å². The molecule has 1 heterocycles. The summed E-state index contributed by atoms with van der Waals surface area (Å²) in [6, 6.07) is 56.9. The molecule has 0 fully saturated rings. The molecule has 0 N–H and O–H groups in total. The van der Waals surface area contributed by atoms with Crippen LogP contribution in [-0.2, 0) is 6.42 Å². The van der Waals surface area contributed by atoms with Gasteiger partial charge in [-0.15, -0.1) is 0 Å². The van der Waals surface area contributed by atoms with E-state index in [1.54, 1.807) is 0 Å². The Morgan fingerprint density at radius 3 is 1.85 bits per heavy atom. The molecule has 0 spiro atoms. The minimum Gasteiger partial charge on any atom is -0.192 e. The molecule has 226 valence electrons.